The largest absolute Gasteiger partial charge is 0.545 e. The van der Waals surface area contributed by atoms with E-state index >= 15 is 0 Å². The zero-order valence-corrected chi connectivity index (χ0v) is 11.1. The Hall–Kier alpha value is -2.30. The van der Waals surface area contributed by atoms with E-state index in [4.69, 9.17) is 0 Å². The van der Waals surface area contributed by atoms with Crippen LogP contribution in [0.5, 0.6) is 0 Å². The van der Waals surface area contributed by atoms with E-state index in [2.05, 4.69) is 24.1 Å². The minimum absolute atomic E-state index is 0.500. The van der Waals surface area contributed by atoms with Crippen molar-refractivity contribution in [3.8, 4) is 0 Å². The molecule has 0 aromatic heterocycles. The minimum Gasteiger partial charge on any atom is -0.545 e. The van der Waals surface area contributed by atoms with Crippen LogP contribution in [0.1, 0.15) is 13.8 Å². The van der Waals surface area contributed by atoms with Crippen LogP contribution in [-0.2, 0) is 9.59 Å². The first kappa shape index (κ1) is 14.8. The summed E-state index contributed by atoms with van der Waals surface area (Å²) in [5.74, 6) is -1.90. The average Bonchev–Trinajstić information content (AvgIpc) is 2.40. The Morgan fingerprint density at radius 3 is 2.21 bits per heavy atom. The molecule has 0 heterocycles. The lowest BCUT2D eigenvalue weighted by atomic mass is 10.2. The van der Waals surface area contributed by atoms with Crippen molar-refractivity contribution in [1.29, 1.82) is 0 Å². The number of benzene rings is 1. The Bertz CT molecular complexity index is 462. The molecule has 1 amide bonds. The Balaban J connectivity index is 2.66. The van der Waals surface area contributed by atoms with E-state index in [1.165, 1.54) is 0 Å². The van der Waals surface area contributed by atoms with Crippen LogP contribution in [0.15, 0.2) is 36.4 Å². The first-order valence-electron chi connectivity index (χ1n) is 6.11. The van der Waals surface area contributed by atoms with Crippen molar-refractivity contribution in [2.24, 2.45) is 0 Å². The van der Waals surface area contributed by atoms with Crippen LogP contribution in [0.3, 0.4) is 0 Å². The van der Waals surface area contributed by atoms with Gasteiger partial charge in [0.05, 0.1) is 5.97 Å². The molecule has 0 atom stereocenters. The zero-order valence-electron chi connectivity index (χ0n) is 11.1. The van der Waals surface area contributed by atoms with Crippen molar-refractivity contribution < 1.29 is 14.7 Å². The lowest BCUT2D eigenvalue weighted by molar-refractivity contribution is -0.297. The summed E-state index contributed by atoms with van der Waals surface area (Å²) < 4.78 is 0. The molecule has 5 nitrogen and oxygen atoms in total. The molecule has 0 aliphatic carbocycles. The molecule has 0 unspecified atom stereocenters. The summed E-state index contributed by atoms with van der Waals surface area (Å²) in [7, 11) is 0. The number of aliphatic carboxylic acids is 1. The lowest BCUT2D eigenvalue weighted by Crippen LogP contribution is -2.21. The Kier molecular flexibility index (Phi) is 5.60. The molecule has 0 spiro atoms. The number of nitrogens with one attached hydrogen (secondary N) is 1. The number of amides is 1. The molecular weight excluding hydrogens is 244 g/mol. The predicted molar refractivity (Wildman–Crippen MR) is 72.8 cm³/mol. The maximum absolute atomic E-state index is 11.3. The van der Waals surface area contributed by atoms with Crippen molar-refractivity contribution in [2.45, 2.75) is 13.8 Å². The van der Waals surface area contributed by atoms with Crippen LogP contribution in [0.2, 0.25) is 0 Å². The number of carboxylic acids is 1. The van der Waals surface area contributed by atoms with Gasteiger partial charge in [0.2, 0.25) is 5.91 Å². The van der Waals surface area contributed by atoms with Gasteiger partial charge in [-0.25, -0.2) is 0 Å². The molecule has 0 radical (unpaired) electrons. The number of carboxylic acid groups (broad SMARTS) is 1. The molecule has 1 aromatic carbocycles. The average molecular weight is 261 g/mol. The van der Waals surface area contributed by atoms with E-state index in [9.17, 15) is 14.7 Å². The third-order valence-electron chi connectivity index (χ3n) is 2.63. The van der Waals surface area contributed by atoms with Gasteiger partial charge in [-0.3, -0.25) is 4.79 Å². The van der Waals surface area contributed by atoms with Gasteiger partial charge in [0.15, 0.2) is 0 Å². The van der Waals surface area contributed by atoms with E-state index in [-0.39, 0.29) is 0 Å². The van der Waals surface area contributed by atoms with Crippen LogP contribution in [0.4, 0.5) is 11.4 Å². The standard InChI is InChI=1S/C14H18N2O3/c1-3-16(4-2)12-7-5-11(6-8-12)15-13(17)9-10-14(18)19/h5-10H,3-4H2,1-2H3,(H,15,17)(H,18,19)/p-1/b10-9-. The smallest absolute Gasteiger partial charge is 0.248 e. The number of hydrogen-bond donors (Lipinski definition) is 1. The van der Waals surface area contributed by atoms with Gasteiger partial charge in [0.25, 0.3) is 0 Å². The highest BCUT2D eigenvalue weighted by molar-refractivity contribution is 6.02. The highest BCUT2D eigenvalue weighted by Crippen LogP contribution is 2.17. The van der Waals surface area contributed by atoms with Crippen molar-refractivity contribution in [3.63, 3.8) is 0 Å². The molecule has 0 fully saturated rings. The second-order valence-electron chi connectivity index (χ2n) is 3.86. The van der Waals surface area contributed by atoms with Crippen LogP contribution >= 0.6 is 0 Å². The fraction of sp³-hybridized carbons (Fsp3) is 0.286. The van der Waals surface area contributed by atoms with E-state index in [1.54, 1.807) is 12.1 Å². The van der Waals surface area contributed by atoms with E-state index in [0.29, 0.717) is 11.8 Å². The third-order valence-corrected chi connectivity index (χ3v) is 2.63. The summed E-state index contributed by atoms with van der Waals surface area (Å²) in [6.07, 6.45) is 1.62. The number of hydrogen-bond acceptors (Lipinski definition) is 4. The quantitative estimate of drug-likeness (QED) is 0.768. The first-order chi connectivity index (χ1) is 9.06. The molecule has 1 N–H and O–H groups in total. The van der Waals surface area contributed by atoms with Gasteiger partial charge in [-0.1, -0.05) is 0 Å². The van der Waals surface area contributed by atoms with Gasteiger partial charge in [0, 0.05) is 30.5 Å². The molecule has 0 saturated heterocycles. The lowest BCUT2D eigenvalue weighted by Gasteiger charge is -2.21. The van der Waals surface area contributed by atoms with E-state index < -0.39 is 11.9 Å². The van der Waals surface area contributed by atoms with E-state index in [0.717, 1.165) is 24.9 Å². The molecule has 1 aromatic rings. The van der Waals surface area contributed by atoms with Crippen molar-refractivity contribution in [2.75, 3.05) is 23.3 Å². The van der Waals surface area contributed by atoms with Crippen molar-refractivity contribution >= 4 is 23.3 Å². The minimum atomic E-state index is -1.40. The molecular formula is C14H17N2O3-. The second-order valence-corrected chi connectivity index (χ2v) is 3.86. The van der Waals surface area contributed by atoms with Gasteiger partial charge >= 0.3 is 0 Å². The molecule has 19 heavy (non-hydrogen) atoms. The normalized spacial score (nSPS) is 10.4. The first-order valence-corrected chi connectivity index (χ1v) is 6.11. The molecule has 1 rings (SSSR count). The number of carbonyl (C=O) groups excluding carboxylic acids is 2. The van der Waals surface area contributed by atoms with Crippen LogP contribution in [-0.4, -0.2) is 25.0 Å². The van der Waals surface area contributed by atoms with Crippen LogP contribution in [0, 0.1) is 0 Å². The van der Waals surface area contributed by atoms with Gasteiger partial charge in [-0.05, 0) is 44.2 Å². The molecule has 0 saturated carbocycles. The third kappa shape index (κ3) is 4.83. The Morgan fingerprint density at radius 2 is 1.74 bits per heavy atom. The molecule has 0 aliphatic heterocycles. The summed E-state index contributed by atoms with van der Waals surface area (Å²) in [6.45, 7) is 5.97. The molecule has 0 bridgehead atoms. The van der Waals surface area contributed by atoms with Crippen LogP contribution < -0.4 is 15.3 Å². The fourth-order valence-corrected chi connectivity index (χ4v) is 1.67. The van der Waals surface area contributed by atoms with E-state index in [1.807, 2.05) is 12.1 Å². The SMILES string of the molecule is CCN(CC)c1ccc(NC(=O)/C=C\C(=O)[O-])cc1. The Morgan fingerprint density at radius 1 is 1.16 bits per heavy atom. The van der Waals surface area contributed by atoms with Gasteiger partial charge in [0.1, 0.15) is 0 Å². The highest BCUT2D eigenvalue weighted by atomic mass is 16.4. The molecule has 0 aliphatic rings. The highest BCUT2D eigenvalue weighted by Gasteiger charge is 2.02. The fourth-order valence-electron chi connectivity index (χ4n) is 1.67. The van der Waals surface area contributed by atoms with Crippen molar-refractivity contribution in [3.05, 3.63) is 36.4 Å². The summed E-state index contributed by atoms with van der Waals surface area (Å²) in [4.78, 5) is 23.7. The van der Waals surface area contributed by atoms with Crippen LogP contribution in [0.25, 0.3) is 0 Å². The summed E-state index contributed by atoms with van der Waals surface area (Å²) >= 11 is 0. The van der Waals surface area contributed by atoms with Gasteiger partial charge in [-0.15, -0.1) is 0 Å². The number of anilines is 2. The molecule has 5 heteroatoms. The molecule has 102 valence electrons. The predicted octanol–water partition coefficient (Wildman–Crippen LogP) is 0.777. The topological polar surface area (TPSA) is 72.5 Å². The summed E-state index contributed by atoms with van der Waals surface area (Å²) in [6, 6.07) is 7.37. The monoisotopic (exact) mass is 261 g/mol. The summed E-state index contributed by atoms with van der Waals surface area (Å²) in [5.41, 5.74) is 1.69. The number of nitrogens with zero attached hydrogens (tertiary/aromatic N) is 1. The number of rotatable bonds is 6. The van der Waals surface area contributed by atoms with Gasteiger partial charge < -0.3 is 20.1 Å². The second kappa shape index (κ2) is 7.20. The summed E-state index contributed by atoms with van der Waals surface area (Å²) in [5, 5.41) is 12.7. The Labute approximate surface area is 112 Å². The van der Waals surface area contributed by atoms with Gasteiger partial charge in [-0.2, -0.15) is 0 Å². The maximum Gasteiger partial charge on any atom is 0.248 e. The number of carbonyl (C=O) groups is 2. The zero-order chi connectivity index (χ0) is 14.3. The maximum atomic E-state index is 11.3. The van der Waals surface area contributed by atoms with Crippen molar-refractivity contribution in [1.82, 2.24) is 0 Å².